The molecule has 0 N–H and O–H groups in total. The molecule has 13 rings (SSSR count). The van der Waals surface area contributed by atoms with Gasteiger partial charge in [-0.05, 0) is 90.4 Å². The summed E-state index contributed by atoms with van der Waals surface area (Å²) in [6.07, 6.45) is 2.06. The van der Waals surface area contributed by atoms with E-state index in [2.05, 4.69) is 326 Å². The number of hydrogen-bond acceptors (Lipinski definition) is 4. The molecule has 1 aliphatic heterocycles. The number of aromatic nitrogens is 2. The first-order chi connectivity index (χ1) is 40.0. The van der Waals surface area contributed by atoms with E-state index in [-0.39, 0.29) is 37.3 Å². The summed E-state index contributed by atoms with van der Waals surface area (Å²) in [7, 11) is 0. The molecular weight excluding hydrogens is 1200 g/mol. The third-order valence-electron chi connectivity index (χ3n) is 16.2. The van der Waals surface area contributed by atoms with Crippen LogP contribution < -0.4 is 14.5 Å². The van der Waals surface area contributed by atoms with Gasteiger partial charge in [0.05, 0.1) is 0 Å². The average Bonchev–Trinajstić information content (AvgIpc) is 1.79. The predicted molar refractivity (Wildman–Crippen MR) is 348 cm³/mol. The van der Waals surface area contributed by atoms with Crippen molar-refractivity contribution in [2.45, 2.75) is 78.6 Å². The average molecular weight is 1270 g/mol. The number of pyridine rings is 1. The number of fused-ring (bicyclic) bond motifs is 4. The van der Waals surface area contributed by atoms with Gasteiger partial charge in [0.25, 0.3) is 0 Å². The van der Waals surface area contributed by atoms with E-state index in [1.54, 1.807) is 0 Å². The van der Waals surface area contributed by atoms with E-state index in [9.17, 15) is 0 Å². The Morgan fingerprint density at radius 3 is 1.51 bits per heavy atom. The van der Waals surface area contributed by atoms with E-state index in [1.807, 2.05) is 6.07 Å². The molecule has 418 valence electrons. The van der Waals surface area contributed by atoms with Gasteiger partial charge in [0, 0.05) is 78.0 Å². The van der Waals surface area contributed by atoms with Crippen LogP contribution in [0.3, 0.4) is 0 Å². The Kier molecular flexibility index (Phi) is 14.7. The van der Waals surface area contributed by atoms with E-state index in [0.717, 1.165) is 106 Å². The summed E-state index contributed by atoms with van der Waals surface area (Å²) in [6.45, 7) is 22.6. The van der Waals surface area contributed by atoms with Crippen LogP contribution in [0.5, 0.6) is 11.5 Å². The molecule has 0 bridgehead atoms. The van der Waals surface area contributed by atoms with Crippen LogP contribution in [0.4, 0.5) is 22.7 Å². The molecule has 0 spiro atoms. The topological polar surface area (TPSA) is 33.5 Å². The fourth-order valence-electron chi connectivity index (χ4n) is 11.8. The molecule has 0 saturated heterocycles. The summed E-state index contributed by atoms with van der Waals surface area (Å²) in [6, 6.07) is 90.3. The Labute approximate surface area is 510 Å². The molecule has 0 radical (unpaired) electrons. The van der Waals surface area contributed by atoms with E-state index in [4.69, 9.17) is 9.72 Å². The summed E-state index contributed by atoms with van der Waals surface area (Å²) in [5.41, 5.74) is 20.7. The molecule has 0 atom stereocenters. The third-order valence-corrected chi connectivity index (χ3v) is 16.2. The van der Waals surface area contributed by atoms with E-state index >= 15 is 0 Å². The summed E-state index contributed by atoms with van der Waals surface area (Å²) in [5, 5.41) is 2.15. The van der Waals surface area contributed by atoms with E-state index in [1.165, 1.54) is 16.7 Å². The molecule has 2 aromatic heterocycles. The van der Waals surface area contributed by atoms with E-state index in [0.29, 0.717) is 11.5 Å². The van der Waals surface area contributed by atoms with Gasteiger partial charge >= 0.3 is 0 Å². The Balaban J connectivity index is 0.00000694. The van der Waals surface area contributed by atoms with Gasteiger partial charge in [-0.3, -0.25) is 0 Å². The van der Waals surface area contributed by atoms with Crippen molar-refractivity contribution in [1.82, 2.24) is 9.55 Å². The van der Waals surface area contributed by atoms with Crippen molar-refractivity contribution in [3.8, 4) is 73.0 Å². The van der Waals surface area contributed by atoms with Gasteiger partial charge in [0.15, 0.2) is 0 Å². The summed E-state index contributed by atoms with van der Waals surface area (Å²) in [5.74, 6) is 1.96. The number of nitrogens with zero attached hydrogens (tertiary/aromatic N) is 4. The van der Waals surface area contributed by atoms with Crippen LogP contribution in [0.15, 0.2) is 237 Å². The van der Waals surface area contributed by atoms with Crippen LogP contribution in [-0.2, 0) is 37.3 Å². The summed E-state index contributed by atoms with van der Waals surface area (Å²) in [4.78, 5) is 9.93. The molecule has 0 unspecified atom stereocenters. The zero-order valence-electron chi connectivity index (χ0n) is 49.1. The van der Waals surface area contributed by atoms with Crippen molar-refractivity contribution in [1.29, 1.82) is 0 Å². The molecule has 10 aromatic carbocycles. The number of para-hydroxylation sites is 3. The minimum Gasteiger partial charge on any atom is -0.509 e. The quantitative estimate of drug-likeness (QED) is 0.128. The molecule has 84 heavy (non-hydrogen) atoms. The van der Waals surface area contributed by atoms with Crippen LogP contribution in [0.2, 0.25) is 0 Å². The smallest absolute Gasteiger partial charge is 0.135 e. The molecule has 12 aromatic rings. The van der Waals surface area contributed by atoms with Gasteiger partial charge in [-0.15, -0.1) is 42.0 Å². The zero-order chi connectivity index (χ0) is 57.2. The number of benzene rings is 10. The van der Waals surface area contributed by atoms with Gasteiger partial charge in [-0.1, -0.05) is 261 Å². The molecule has 5 nitrogen and oxygen atoms in total. The molecule has 3 heterocycles. The Morgan fingerprint density at radius 2 is 0.929 bits per heavy atom. The second-order valence-corrected chi connectivity index (χ2v) is 25.0. The first-order valence-electron chi connectivity index (χ1n) is 28.8. The molecule has 1 aliphatic rings. The zero-order valence-corrected chi connectivity index (χ0v) is 51.4. The van der Waals surface area contributed by atoms with Gasteiger partial charge in [-0.25, -0.2) is 4.98 Å². The van der Waals surface area contributed by atoms with Crippen LogP contribution in [-0.4, -0.2) is 9.55 Å². The fourth-order valence-corrected chi connectivity index (χ4v) is 11.8. The maximum absolute atomic E-state index is 7.23. The standard InChI is InChI=1S/C78H67N4O.Pt/c1-76(2,3)58-40-35-55(36-41-58)63-32-22-31-62(53-25-15-11-16-26-53)75(63)81-51-80(70-33-19-20-34-71(70)81)60-29-21-30-61(46-60)83-73-49-72-66(47-64(73)54-27-17-12-18-28-54)65-45-57(52-23-13-10-14-24-52)39-44-69(65)82(72)74-48-68(78(7,8)9)67(50-79-74)56-37-42-59(43-38-56)77(4,5)6;/h10-45,47-48,50-51H,1-9H3;/q-3;. The second-order valence-electron chi connectivity index (χ2n) is 25.0. The number of rotatable bonds is 10. The minimum atomic E-state index is -0.204. The van der Waals surface area contributed by atoms with Crippen molar-refractivity contribution < 1.29 is 25.8 Å². The SMILES string of the molecule is CC(C)(C)c1ccc(-c2cnc(-n3c4[c-]c(Oc5[c-]c(N6[CH-]N(c7c(-c8ccccc8)cccc7-c7ccc(C(C)(C)C)cc7)c7ccccc76)ccc5)c(-c5ccccc5)cc4c4cc(-c5ccccc5)ccc43)cc2C(C)(C)C)cc1.[Pt]. The Morgan fingerprint density at radius 1 is 0.417 bits per heavy atom. The van der Waals surface area contributed by atoms with Crippen molar-refractivity contribution in [2.24, 2.45) is 0 Å². The summed E-state index contributed by atoms with van der Waals surface area (Å²) >= 11 is 0. The Hall–Kier alpha value is -8.76. The van der Waals surface area contributed by atoms with Crippen LogP contribution in [0.1, 0.15) is 79.0 Å². The molecule has 6 heteroatoms. The fraction of sp³-hybridized carbons (Fsp3) is 0.154. The first kappa shape index (κ1) is 55.8. The van der Waals surface area contributed by atoms with Crippen molar-refractivity contribution in [3.05, 3.63) is 272 Å². The first-order valence-corrected chi connectivity index (χ1v) is 28.8. The predicted octanol–water partition coefficient (Wildman–Crippen LogP) is 21.2. The maximum Gasteiger partial charge on any atom is 0.135 e. The van der Waals surface area contributed by atoms with E-state index < -0.39 is 0 Å². The van der Waals surface area contributed by atoms with Crippen molar-refractivity contribution in [3.63, 3.8) is 0 Å². The monoisotopic (exact) mass is 1270 g/mol. The van der Waals surface area contributed by atoms with Crippen molar-refractivity contribution in [2.75, 3.05) is 9.80 Å². The normalized spacial score (nSPS) is 12.6. The van der Waals surface area contributed by atoms with Crippen LogP contribution in [0.25, 0.3) is 83.3 Å². The minimum absolute atomic E-state index is 0. The second kappa shape index (κ2) is 22.1. The molecule has 0 fully saturated rings. The van der Waals surface area contributed by atoms with Crippen LogP contribution in [0, 0.1) is 18.8 Å². The molecular formula is C78H67N4OPt-3. The largest absolute Gasteiger partial charge is 0.509 e. The van der Waals surface area contributed by atoms with Gasteiger partial charge in [-0.2, -0.15) is 12.1 Å². The number of ether oxygens (including phenoxy) is 1. The van der Waals surface area contributed by atoms with Gasteiger partial charge in [0.1, 0.15) is 5.82 Å². The van der Waals surface area contributed by atoms with Crippen LogP contribution >= 0.6 is 0 Å². The van der Waals surface area contributed by atoms with Crippen molar-refractivity contribution >= 4 is 44.6 Å². The number of anilines is 4. The summed E-state index contributed by atoms with van der Waals surface area (Å²) < 4.78 is 9.50. The molecule has 0 amide bonds. The molecule has 0 aliphatic carbocycles. The third kappa shape index (κ3) is 10.6. The molecule has 0 saturated carbocycles. The Bertz CT molecular complexity index is 4360. The maximum atomic E-state index is 7.23. The van der Waals surface area contributed by atoms with Gasteiger partial charge < -0.3 is 19.1 Å². The number of hydrogen-bond donors (Lipinski definition) is 0. The van der Waals surface area contributed by atoms with Gasteiger partial charge in [0.2, 0.25) is 0 Å².